The van der Waals surface area contributed by atoms with Crippen molar-refractivity contribution >= 4 is 28.7 Å². The molecule has 0 saturated heterocycles. The average Bonchev–Trinajstić information content (AvgIpc) is 2.00. The van der Waals surface area contributed by atoms with Crippen LogP contribution in [0.25, 0.3) is 0 Å². The van der Waals surface area contributed by atoms with Crippen molar-refractivity contribution < 1.29 is 14.6 Å². The van der Waals surface area contributed by atoms with Crippen LogP contribution in [-0.4, -0.2) is 12.3 Å². The van der Waals surface area contributed by atoms with E-state index in [1.807, 2.05) is 29.5 Å². The summed E-state index contributed by atoms with van der Waals surface area (Å²) < 4.78 is 7.01. The van der Waals surface area contributed by atoms with Gasteiger partial charge in [0.2, 0.25) is 0 Å². The molecule has 0 aromatic rings. The Hall–Kier alpha value is -0.440. The van der Waals surface area contributed by atoms with Crippen LogP contribution >= 0.6 is 22.6 Å². The molecule has 0 aliphatic rings. The Morgan fingerprint density at radius 2 is 2.42 bits per heavy atom. The lowest BCUT2D eigenvalue weighted by atomic mass is 10.2. The minimum Gasteiger partial charge on any atom is -0.533 e. The summed E-state index contributed by atoms with van der Waals surface area (Å²) in [5.74, 6) is 2.64. The molecular formula is C8H10IO3-. The molecular weight excluding hydrogens is 271 g/mol. The molecule has 1 atom stereocenters. The van der Waals surface area contributed by atoms with Gasteiger partial charge < -0.3 is 14.6 Å². The Bertz CT molecular complexity index is 192. The maximum Gasteiger partial charge on any atom is 0.253 e. The largest absolute Gasteiger partial charge is 0.533 e. The third kappa shape index (κ3) is 6.28. The van der Waals surface area contributed by atoms with E-state index in [4.69, 9.17) is 0 Å². The molecule has 12 heavy (non-hydrogen) atoms. The monoisotopic (exact) mass is 281 g/mol. The van der Waals surface area contributed by atoms with E-state index in [1.165, 1.54) is 0 Å². The molecule has 1 unspecified atom stereocenters. The number of carbonyl (C=O) groups excluding carboxylic acids is 1. The Balaban J connectivity index is 3.83. The highest BCUT2D eigenvalue weighted by molar-refractivity contribution is 14.1. The molecule has 0 bridgehead atoms. The predicted octanol–water partition coefficient (Wildman–Crippen LogP) is 1.30. The second kappa shape index (κ2) is 7.22. The van der Waals surface area contributed by atoms with Gasteiger partial charge in [-0.05, 0) is 10.3 Å². The third-order valence-corrected chi connectivity index (χ3v) is 1.59. The van der Waals surface area contributed by atoms with Gasteiger partial charge in [-0.2, -0.15) is 0 Å². The van der Waals surface area contributed by atoms with Crippen LogP contribution < -0.4 is 5.11 Å². The highest BCUT2D eigenvalue weighted by atomic mass is 127. The lowest BCUT2D eigenvalue weighted by molar-refractivity contribution is -0.285. The summed E-state index contributed by atoms with van der Waals surface area (Å²) in [5.41, 5.74) is 0. The quantitative estimate of drug-likeness (QED) is 0.443. The van der Waals surface area contributed by atoms with Gasteiger partial charge in [-0.1, -0.05) is 25.7 Å². The van der Waals surface area contributed by atoms with Gasteiger partial charge in [0.25, 0.3) is 6.16 Å². The molecule has 68 valence electrons. The fraction of sp³-hybridized carbons (Fsp3) is 0.625. The molecule has 0 saturated carbocycles. The zero-order valence-corrected chi connectivity index (χ0v) is 8.96. The lowest BCUT2D eigenvalue weighted by Gasteiger charge is -2.15. The van der Waals surface area contributed by atoms with E-state index >= 15 is 0 Å². The molecule has 0 aliphatic heterocycles. The summed E-state index contributed by atoms with van der Waals surface area (Å²) in [6, 6.07) is 0. The van der Waals surface area contributed by atoms with Gasteiger partial charge in [-0.3, -0.25) is 0 Å². The van der Waals surface area contributed by atoms with Gasteiger partial charge in [0, 0.05) is 22.6 Å². The highest BCUT2D eigenvalue weighted by Crippen LogP contribution is 2.03. The van der Waals surface area contributed by atoms with Gasteiger partial charge in [0.1, 0.15) is 6.10 Å². The van der Waals surface area contributed by atoms with Crippen molar-refractivity contribution in [2.45, 2.75) is 32.3 Å². The first-order chi connectivity index (χ1) is 5.70. The summed E-state index contributed by atoms with van der Waals surface area (Å²) in [7, 11) is 0. The topological polar surface area (TPSA) is 49.4 Å². The standard InChI is InChI=1S/C8H11IO3/c1-2-3-4-7(5-6-9)12-8(10)11/h7H,2-4H2,1H3,(H,10,11)/p-1. The maximum absolute atomic E-state index is 10.0. The zero-order chi connectivity index (χ0) is 9.40. The fourth-order valence-corrected chi connectivity index (χ4v) is 1.07. The predicted molar refractivity (Wildman–Crippen MR) is 51.6 cm³/mol. The van der Waals surface area contributed by atoms with Gasteiger partial charge in [0.15, 0.2) is 0 Å². The van der Waals surface area contributed by atoms with Crippen LogP contribution in [0.3, 0.4) is 0 Å². The van der Waals surface area contributed by atoms with Crippen molar-refractivity contribution in [3.8, 4) is 9.85 Å². The van der Waals surface area contributed by atoms with E-state index in [-0.39, 0.29) is 0 Å². The highest BCUT2D eigenvalue weighted by Gasteiger charge is 2.01. The van der Waals surface area contributed by atoms with Crippen molar-refractivity contribution in [1.82, 2.24) is 0 Å². The number of unbranched alkanes of at least 4 members (excludes halogenated alkanes) is 1. The molecule has 0 aromatic carbocycles. The van der Waals surface area contributed by atoms with Gasteiger partial charge in [-0.15, -0.1) is 0 Å². The minimum absolute atomic E-state index is 0.521. The molecule has 0 aromatic heterocycles. The van der Waals surface area contributed by atoms with E-state index in [0.717, 1.165) is 12.8 Å². The number of carboxylic acid groups (broad SMARTS) is 1. The van der Waals surface area contributed by atoms with Crippen LogP contribution in [0, 0.1) is 9.85 Å². The Kier molecular flexibility index (Phi) is 6.96. The maximum atomic E-state index is 10.0. The second-order valence-corrected chi connectivity index (χ2v) is 2.78. The first-order valence-corrected chi connectivity index (χ1v) is 4.77. The van der Waals surface area contributed by atoms with E-state index in [0.29, 0.717) is 6.42 Å². The first-order valence-electron chi connectivity index (χ1n) is 3.69. The fourth-order valence-electron chi connectivity index (χ4n) is 0.727. The van der Waals surface area contributed by atoms with E-state index in [9.17, 15) is 9.90 Å². The minimum atomic E-state index is -1.50. The first kappa shape index (κ1) is 11.6. The van der Waals surface area contributed by atoms with Crippen molar-refractivity contribution in [1.29, 1.82) is 0 Å². The molecule has 0 amide bonds. The SMILES string of the molecule is CCCCC(C#CI)OC(=O)[O-]. The molecule has 3 nitrogen and oxygen atoms in total. The van der Waals surface area contributed by atoms with Gasteiger partial charge >= 0.3 is 0 Å². The molecule has 0 heterocycles. The molecule has 4 heteroatoms. The molecule has 0 radical (unpaired) electrons. The lowest BCUT2D eigenvalue weighted by Crippen LogP contribution is -2.28. The van der Waals surface area contributed by atoms with Crippen molar-refractivity contribution in [2.24, 2.45) is 0 Å². The molecule has 0 spiro atoms. The average molecular weight is 281 g/mol. The number of hydrogen-bond acceptors (Lipinski definition) is 3. The normalized spacial score (nSPS) is 11.2. The number of halogens is 1. The molecule has 0 rings (SSSR count). The van der Waals surface area contributed by atoms with Crippen LogP contribution in [0.1, 0.15) is 26.2 Å². The Morgan fingerprint density at radius 1 is 1.75 bits per heavy atom. The summed E-state index contributed by atoms with van der Waals surface area (Å²) in [6.07, 6.45) is 0.515. The second-order valence-electron chi connectivity index (χ2n) is 2.24. The summed E-state index contributed by atoms with van der Waals surface area (Å²) >= 11 is 1.85. The number of rotatable bonds is 4. The summed E-state index contributed by atoms with van der Waals surface area (Å²) in [4.78, 5) is 10.0. The Labute approximate surface area is 85.6 Å². The van der Waals surface area contributed by atoms with Gasteiger partial charge in [-0.25, -0.2) is 0 Å². The smallest absolute Gasteiger partial charge is 0.253 e. The molecule has 0 fully saturated rings. The molecule has 0 aliphatic carbocycles. The number of ether oxygens (including phenoxy) is 1. The van der Waals surface area contributed by atoms with Gasteiger partial charge in [0.05, 0.1) is 0 Å². The third-order valence-electron chi connectivity index (χ3n) is 1.27. The number of carbonyl (C=O) groups is 1. The van der Waals surface area contributed by atoms with Crippen molar-refractivity contribution in [2.75, 3.05) is 0 Å². The number of hydrogen-bond donors (Lipinski definition) is 0. The Morgan fingerprint density at radius 3 is 2.83 bits per heavy atom. The van der Waals surface area contributed by atoms with Crippen LogP contribution in [0.4, 0.5) is 4.79 Å². The van der Waals surface area contributed by atoms with E-state index in [1.54, 1.807) is 0 Å². The van der Waals surface area contributed by atoms with Crippen LogP contribution in [-0.2, 0) is 4.74 Å². The van der Waals surface area contributed by atoms with Crippen LogP contribution in [0.15, 0.2) is 0 Å². The van der Waals surface area contributed by atoms with Crippen molar-refractivity contribution in [3.63, 3.8) is 0 Å². The molecule has 0 N–H and O–H groups in total. The zero-order valence-electron chi connectivity index (χ0n) is 6.80. The summed E-state index contributed by atoms with van der Waals surface area (Å²) in [5, 5.41) is 10.0. The summed E-state index contributed by atoms with van der Waals surface area (Å²) in [6.45, 7) is 2.02. The van der Waals surface area contributed by atoms with Crippen LogP contribution in [0.2, 0.25) is 0 Å². The van der Waals surface area contributed by atoms with E-state index in [2.05, 4.69) is 14.6 Å². The van der Waals surface area contributed by atoms with E-state index < -0.39 is 12.3 Å². The van der Waals surface area contributed by atoms with Crippen LogP contribution in [0.5, 0.6) is 0 Å². The van der Waals surface area contributed by atoms with Crippen molar-refractivity contribution in [3.05, 3.63) is 0 Å².